The molecule has 0 aliphatic carbocycles. The molecule has 2 aromatic rings. The molecule has 0 bridgehead atoms. The number of nitrogens with zero attached hydrogens (tertiary/aromatic N) is 1. The highest BCUT2D eigenvalue weighted by molar-refractivity contribution is 8.04. The van der Waals surface area contributed by atoms with Crippen LogP contribution in [0.4, 0.5) is 23.2 Å². The highest BCUT2D eigenvalue weighted by atomic mass is 32.2. The third kappa shape index (κ3) is 3.85. The van der Waals surface area contributed by atoms with Crippen molar-refractivity contribution >= 4 is 34.6 Å². The third-order valence-corrected chi connectivity index (χ3v) is 5.98. The molecule has 0 aromatic heterocycles. The van der Waals surface area contributed by atoms with E-state index in [1.54, 1.807) is 30.3 Å². The number of anilines is 1. The van der Waals surface area contributed by atoms with Crippen molar-refractivity contribution in [1.82, 2.24) is 0 Å². The molecule has 2 atom stereocenters. The monoisotopic (exact) mass is 433 g/mol. The summed E-state index contributed by atoms with van der Waals surface area (Å²) in [6, 6.07) is 13.8. The molecule has 30 heavy (non-hydrogen) atoms. The van der Waals surface area contributed by atoms with Crippen molar-refractivity contribution in [3.05, 3.63) is 82.7 Å². The number of hydrogen-bond acceptors (Lipinski definition) is 4. The number of benzene rings is 2. The molecule has 0 radical (unpaired) electrons. The highest BCUT2D eigenvalue weighted by Crippen LogP contribution is 2.49. The van der Waals surface area contributed by atoms with Crippen molar-refractivity contribution in [3.63, 3.8) is 0 Å². The van der Waals surface area contributed by atoms with Gasteiger partial charge in [0, 0.05) is 11.4 Å². The minimum absolute atomic E-state index is 0.0725. The van der Waals surface area contributed by atoms with Gasteiger partial charge in [-0.15, -0.1) is 0 Å². The maximum atomic E-state index is 13.4. The molecule has 0 saturated carbocycles. The van der Waals surface area contributed by atoms with Gasteiger partial charge in [-0.05, 0) is 35.4 Å². The van der Waals surface area contributed by atoms with Crippen LogP contribution in [-0.4, -0.2) is 23.2 Å². The number of aliphatic imine (C=N–C) groups is 1. The smallest absolute Gasteiger partial charge is 0.400 e. The molecule has 4 rings (SSSR count). The quantitative estimate of drug-likeness (QED) is 0.688. The van der Waals surface area contributed by atoms with Crippen LogP contribution in [0.2, 0.25) is 0 Å². The molecule has 0 fully saturated rings. The summed E-state index contributed by atoms with van der Waals surface area (Å²) >= 11 is 0.873. The van der Waals surface area contributed by atoms with Gasteiger partial charge in [-0.3, -0.25) is 9.79 Å². The Kier molecular flexibility index (Phi) is 5.15. The Labute approximate surface area is 173 Å². The van der Waals surface area contributed by atoms with Gasteiger partial charge in [-0.25, -0.2) is 4.39 Å². The summed E-state index contributed by atoms with van der Waals surface area (Å²) in [6.45, 7) is 0. The average molecular weight is 433 g/mol. The lowest BCUT2D eigenvalue weighted by molar-refractivity contribution is -0.112. The first-order valence-electron chi connectivity index (χ1n) is 8.89. The van der Waals surface area contributed by atoms with Gasteiger partial charge in [-0.2, -0.15) is 13.2 Å². The molecule has 9 heteroatoms. The normalized spacial score (nSPS) is 21.1. The number of dihydropyridines is 1. The van der Waals surface area contributed by atoms with Crippen molar-refractivity contribution in [3.8, 4) is 0 Å². The SMILES string of the molecule is NC1=C(C(=O)Nc2cccc(F)c2)S[C@H]2N=C(C(F)(F)F)C=C(c3ccccc3)[C@@H]12. The summed E-state index contributed by atoms with van der Waals surface area (Å²) < 4.78 is 53.6. The van der Waals surface area contributed by atoms with Gasteiger partial charge in [0.05, 0.1) is 10.8 Å². The number of amides is 1. The van der Waals surface area contributed by atoms with E-state index in [1.807, 2.05) is 0 Å². The van der Waals surface area contributed by atoms with E-state index < -0.39 is 34.9 Å². The molecule has 2 aromatic carbocycles. The van der Waals surface area contributed by atoms with Crippen LogP contribution in [0.1, 0.15) is 5.56 Å². The van der Waals surface area contributed by atoms with E-state index in [4.69, 9.17) is 5.73 Å². The number of carbonyl (C=O) groups excluding carboxylic acids is 1. The number of halogens is 4. The summed E-state index contributed by atoms with van der Waals surface area (Å²) in [5.41, 5.74) is 6.49. The minimum Gasteiger partial charge on any atom is -0.400 e. The molecular weight excluding hydrogens is 418 g/mol. The third-order valence-electron chi connectivity index (χ3n) is 4.70. The molecule has 0 unspecified atom stereocenters. The number of thioether (sulfide) groups is 1. The van der Waals surface area contributed by atoms with Gasteiger partial charge in [0.1, 0.15) is 16.9 Å². The van der Waals surface area contributed by atoms with E-state index in [1.165, 1.54) is 18.2 Å². The van der Waals surface area contributed by atoms with Gasteiger partial charge in [0.15, 0.2) is 0 Å². The Balaban J connectivity index is 1.71. The zero-order valence-electron chi connectivity index (χ0n) is 15.3. The average Bonchev–Trinajstić information content (AvgIpc) is 3.04. The number of hydrogen-bond donors (Lipinski definition) is 2. The largest absolute Gasteiger partial charge is 0.432 e. The number of nitrogens with one attached hydrogen (secondary N) is 1. The second kappa shape index (κ2) is 7.64. The number of rotatable bonds is 3. The molecular formula is C21H15F4N3OS. The Bertz CT molecular complexity index is 1090. The highest BCUT2D eigenvalue weighted by Gasteiger charge is 2.46. The second-order valence-electron chi connectivity index (χ2n) is 6.71. The van der Waals surface area contributed by atoms with Crippen LogP contribution in [0, 0.1) is 11.7 Å². The van der Waals surface area contributed by atoms with E-state index in [0.29, 0.717) is 11.1 Å². The number of fused-ring (bicyclic) bond motifs is 1. The molecule has 0 spiro atoms. The Morgan fingerprint density at radius 2 is 1.83 bits per heavy atom. The molecule has 2 aliphatic rings. The van der Waals surface area contributed by atoms with Crippen LogP contribution in [0.15, 0.2) is 76.3 Å². The first kappa shape index (κ1) is 20.2. The van der Waals surface area contributed by atoms with Crippen LogP contribution < -0.4 is 11.1 Å². The number of nitrogens with two attached hydrogens (primary N) is 1. The lowest BCUT2D eigenvalue weighted by Gasteiger charge is -2.26. The summed E-state index contributed by atoms with van der Waals surface area (Å²) in [6.07, 6.45) is -3.65. The maximum Gasteiger partial charge on any atom is 0.432 e. The second-order valence-corrected chi connectivity index (χ2v) is 7.84. The van der Waals surface area contributed by atoms with E-state index >= 15 is 0 Å². The minimum atomic E-state index is -4.63. The van der Waals surface area contributed by atoms with E-state index in [2.05, 4.69) is 10.3 Å². The zero-order valence-corrected chi connectivity index (χ0v) is 16.1. The van der Waals surface area contributed by atoms with Crippen molar-refractivity contribution < 1.29 is 22.4 Å². The van der Waals surface area contributed by atoms with E-state index in [0.717, 1.165) is 23.9 Å². The number of carbonyl (C=O) groups is 1. The summed E-state index contributed by atoms with van der Waals surface area (Å²) in [7, 11) is 0. The Morgan fingerprint density at radius 3 is 2.50 bits per heavy atom. The predicted octanol–water partition coefficient (Wildman–Crippen LogP) is 4.72. The van der Waals surface area contributed by atoms with Gasteiger partial charge in [-0.1, -0.05) is 48.2 Å². The summed E-state index contributed by atoms with van der Waals surface area (Å²) in [5, 5.41) is 1.61. The van der Waals surface area contributed by atoms with Gasteiger partial charge >= 0.3 is 6.18 Å². The number of allylic oxidation sites excluding steroid dienone is 1. The molecule has 2 heterocycles. The Morgan fingerprint density at radius 1 is 1.10 bits per heavy atom. The maximum absolute atomic E-state index is 13.4. The molecule has 0 saturated heterocycles. The van der Waals surface area contributed by atoms with Crippen molar-refractivity contribution in [2.24, 2.45) is 16.6 Å². The molecule has 4 nitrogen and oxygen atoms in total. The molecule has 3 N–H and O–H groups in total. The van der Waals surface area contributed by atoms with Crippen LogP contribution >= 0.6 is 11.8 Å². The van der Waals surface area contributed by atoms with Gasteiger partial charge in [0.2, 0.25) is 0 Å². The van der Waals surface area contributed by atoms with E-state index in [9.17, 15) is 22.4 Å². The first-order valence-corrected chi connectivity index (χ1v) is 9.77. The van der Waals surface area contributed by atoms with Crippen LogP contribution in [0.25, 0.3) is 5.57 Å². The predicted molar refractivity (Wildman–Crippen MR) is 109 cm³/mol. The topological polar surface area (TPSA) is 67.5 Å². The van der Waals surface area contributed by atoms with Crippen molar-refractivity contribution in [1.29, 1.82) is 0 Å². The fourth-order valence-corrected chi connectivity index (χ4v) is 4.63. The standard InChI is InChI=1S/C21H15F4N3OS/c22-12-7-4-8-13(9-12)27-19(29)18-17(26)16-14(11-5-2-1-3-6-11)10-15(21(23,24)25)28-20(16)30-18/h1-10,16,20H,26H2,(H,27,29)/t16-,20+/m0/s1. The van der Waals surface area contributed by atoms with Crippen LogP contribution in [0.5, 0.6) is 0 Å². The molecule has 2 aliphatic heterocycles. The fourth-order valence-electron chi connectivity index (χ4n) is 3.37. The Hall–Kier alpha value is -3.07. The lowest BCUT2D eigenvalue weighted by atomic mass is 9.86. The van der Waals surface area contributed by atoms with Crippen LogP contribution in [-0.2, 0) is 4.79 Å². The number of alkyl halides is 3. The lowest BCUT2D eigenvalue weighted by Crippen LogP contribution is -2.31. The zero-order chi connectivity index (χ0) is 21.5. The summed E-state index contributed by atoms with van der Waals surface area (Å²) in [5.74, 6) is -1.83. The van der Waals surface area contributed by atoms with Gasteiger partial charge in [0.25, 0.3) is 5.91 Å². The molecule has 1 amide bonds. The fraction of sp³-hybridized carbons (Fsp3) is 0.143. The van der Waals surface area contributed by atoms with Crippen molar-refractivity contribution in [2.45, 2.75) is 11.6 Å². The van der Waals surface area contributed by atoms with Gasteiger partial charge < -0.3 is 11.1 Å². The van der Waals surface area contributed by atoms with Crippen LogP contribution in [0.3, 0.4) is 0 Å². The van der Waals surface area contributed by atoms with E-state index in [-0.39, 0.29) is 16.3 Å². The molecule has 154 valence electrons. The van der Waals surface area contributed by atoms with Crippen molar-refractivity contribution in [2.75, 3.05) is 5.32 Å². The summed E-state index contributed by atoms with van der Waals surface area (Å²) in [4.78, 5) is 16.6. The first-order chi connectivity index (χ1) is 14.2.